The number of hydrogen-bond donors (Lipinski definition) is 1. The van der Waals surface area contributed by atoms with Gasteiger partial charge in [-0.3, -0.25) is 4.90 Å². The van der Waals surface area contributed by atoms with Crippen LogP contribution in [0.25, 0.3) is 3.58 Å². The van der Waals surface area contributed by atoms with E-state index in [0.717, 1.165) is 24.0 Å². The molecule has 2 bridgehead atoms. The number of rotatable bonds is 10. The molecule has 2 aliphatic heterocycles. The quantitative estimate of drug-likeness (QED) is 0.163. The van der Waals surface area contributed by atoms with Gasteiger partial charge >= 0.3 is 6.36 Å². The van der Waals surface area contributed by atoms with E-state index in [1.807, 2.05) is 83.3 Å². The molecule has 1 saturated carbocycles. The van der Waals surface area contributed by atoms with E-state index in [2.05, 4.69) is 9.64 Å². The van der Waals surface area contributed by atoms with Gasteiger partial charge < -0.3 is 14.6 Å². The number of ether oxygens (including phenoxy) is 2. The second-order valence-electron chi connectivity index (χ2n) is 13.0. The van der Waals surface area contributed by atoms with Crippen LogP contribution in [0.1, 0.15) is 48.8 Å². The Bertz CT molecular complexity index is 1940. The molecule has 2 heterocycles. The van der Waals surface area contributed by atoms with Crippen molar-refractivity contribution in [3.05, 3.63) is 132 Å². The summed E-state index contributed by atoms with van der Waals surface area (Å²) in [6, 6.07) is 31.2. The van der Waals surface area contributed by atoms with Crippen LogP contribution < -0.4 is 9.47 Å². The van der Waals surface area contributed by atoms with Gasteiger partial charge in [-0.2, -0.15) is 0 Å². The maximum atomic E-state index is 14.5. The van der Waals surface area contributed by atoms with E-state index in [4.69, 9.17) is 4.74 Å². The summed E-state index contributed by atoms with van der Waals surface area (Å²) in [4.78, 5) is 2.38. The molecule has 3 fully saturated rings. The molecule has 6 nitrogen and oxygen atoms in total. The molecule has 0 spiro atoms. The van der Waals surface area contributed by atoms with E-state index >= 15 is 0 Å². The first-order valence-electron chi connectivity index (χ1n) is 16.2. The molecule has 4 aromatic rings. The molecule has 0 aromatic heterocycles. The SMILES string of the molecule is O=S(=O)(c1ccccc1)[C@@H]1C[C@]2(c3ccccc3)N(Cc3ccccc3)C1CC[C@@]2(O)/C=C(\I)c1cc(OC(F)(F)F)ccc1OC1CC1. The Morgan fingerprint density at radius 2 is 1.55 bits per heavy atom. The van der Waals surface area contributed by atoms with Crippen molar-refractivity contribution in [3.8, 4) is 11.5 Å². The minimum atomic E-state index is -4.89. The Kier molecular flexibility index (Phi) is 9.08. The van der Waals surface area contributed by atoms with Gasteiger partial charge in [-0.05, 0) is 102 Å². The molecule has 4 atom stereocenters. The smallest absolute Gasteiger partial charge is 0.490 e. The predicted octanol–water partition coefficient (Wildman–Crippen LogP) is 8.44. The molecule has 1 unspecified atom stereocenters. The fraction of sp³-hybridized carbons (Fsp3) is 0.316. The van der Waals surface area contributed by atoms with Crippen LogP contribution in [0.3, 0.4) is 0 Å². The van der Waals surface area contributed by atoms with Gasteiger partial charge in [0.05, 0.1) is 21.8 Å². The third-order valence-electron chi connectivity index (χ3n) is 9.90. The number of sulfone groups is 1. The largest absolute Gasteiger partial charge is 0.573 e. The van der Waals surface area contributed by atoms with Crippen LogP contribution in [-0.4, -0.2) is 47.8 Å². The second kappa shape index (κ2) is 13.1. The number of halogens is 4. The maximum Gasteiger partial charge on any atom is 0.573 e. The van der Waals surface area contributed by atoms with Crippen LogP contribution in [0.5, 0.6) is 11.5 Å². The first kappa shape index (κ1) is 34.1. The Hall–Kier alpha value is -3.39. The normalized spacial score (nSPS) is 26.0. The zero-order valence-corrected chi connectivity index (χ0v) is 29.4. The van der Waals surface area contributed by atoms with Crippen molar-refractivity contribution < 1.29 is 36.2 Å². The zero-order valence-electron chi connectivity index (χ0n) is 26.4. The molecule has 49 heavy (non-hydrogen) atoms. The Morgan fingerprint density at radius 3 is 2.18 bits per heavy atom. The van der Waals surface area contributed by atoms with Gasteiger partial charge in [0.2, 0.25) is 0 Å². The number of hydrogen-bond acceptors (Lipinski definition) is 6. The third kappa shape index (κ3) is 6.62. The van der Waals surface area contributed by atoms with E-state index in [9.17, 15) is 26.7 Å². The highest BCUT2D eigenvalue weighted by molar-refractivity contribution is 14.1. The number of piperidine rings is 1. The minimum absolute atomic E-state index is 0.0355. The van der Waals surface area contributed by atoms with Crippen LogP contribution in [0.4, 0.5) is 13.2 Å². The van der Waals surface area contributed by atoms with Crippen LogP contribution in [0.2, 0.25) is 0 Å². The molecule has 0 radical (unpaired) electrons. The summed E-state index contributed by atoms with van der Waals surface area (Å²) in [7, 11) is -3.85. The monoisotopic (exact) mass is 801 g/mol. The van der Waals surface area contributed by atoms with Crippen molar-refractivity contribution in [2.45, 2.75) is 78.4 Å². The number of fused-ring (bicyclic) bond motifs is 2. The molecular weight excluding hydrogens is 766 g/mol. The van der Waals surface area contributed by atoms with Gasteiger partial charge in [0.1, 0.15) is 17.1 Å². The third-order valence-corrected chi connectivity index (χ3v) is 13.0. The first-order chi connectivity index (χ1) is 23.4. The highest BCUT2D eigenvalue weighted by atomic mass is 127. The summed E-state index contributed by atoms with van der Waals surface area (Å²) in [6.07, 6.45) is -0.847. The second-order valence-corrected chi connectivity index (χ2v) is 16.3. The topological polar surface area (TPSA) is 76.1 Å². The first-order valence-corrected chi connectivity index (χ1v) is 18.8. The van der Waals surface area contributed by atoms with Gasteiger partial charge in [-0.15, -0.1) is 13.2 Å². The number of nitrogens with zero attached hydrogens (tertiary/aromatic N) is 1. The summed E-state index contributed by atoms with van der Waals surface area (Å²) < 4.78 is 79.6. The summed E-state index contributed by atoms with van der Waals surface area (Å²) in [5.41, 5.74) is -0.782. The van der Waals surface area contributed by atoms with Crippen LogP contribution in [0.15, 0.2) is 120 Å². The number of aliphatic hydroxyl groups is 1. The molecule has 2 saturated heterocycles. The predicted molar refractivity (Wildman–Crippen MR) is 189 cm³/mol. The van der Waals surface area contributed by atoms with Gasteiger partial charge in [0.25, 0.3) is 0 Å². The molecule has 11 heteroatoms. The fourth-order valence-electron chi connectivity index (χ4n) is 7.59. The van der Waals surface area contributed by atoms with Gasteiger partial charge in [0, 0.05) is 21.7 Å². The van der Waals surface area contributed by atoms with E-state index < -0.39 is 44.4 Å². The van der Waals surface area contributed by atoms with Crippen molar-refractivity contribution in [1.82, 2.24) is 4.90 Å². The Labute approximate surface area is 297 Å². The van der Waals surface area contributed by atoms with Crippen molar-refractivity contribution in [1.29, 1.82) is 0 Å². The van der Waals surface area contributed by atoms with Crippen LogP contribution in [0, 0.1) is 0 Å². The Morgan fingerprint density at radius 1 is 0.918 bits per heavy atom. The highest BCUT2D eigenvalue weighted by Crippen LogP contribution is 2.59. The average Bonchev–Trinajstić information content (AvgIpc) is 3.86. The molecule has 7 rings (SSSR count). The molecule has 4 aromatic carbocycles. The lowest BCUT2D eigenvalue weighted by Gasteiger charge is -2.54. The van der Waals surface area contributed by atoms with Crippen molar-refractivity contribution in [2.75, 3.05) is 0 Å². The van der Waals surface area contributed by atoms with E-state index in [1.54, 1.807) is 36.4 Å². The average molecular weight is 802 g/mol. The van der Waals surface area contributed by atoms with Crippen LogP contribution in [-0.2, 0) is 21.9 Å². The van der Waals surface area contributed by atoms with E-state index in [-0.39, 0.29) is 23.8 Å². The lowest BCUT2D eigenvalue weighted by atomic mass is 9.68. The highest BCUT2D eigenvalue weighted by Gasteiger charge is 2.67. The van der Waals surface area contributed by atoms with Crippen molar-refractivity contribution in [3.63, 3.8) is 0 Å². The standard InChI is InChI=1S/C38H35F3INO5S/c39-38(40,41)48-29-18-19-34(47-28-16-17-28)31(22-29)32(42)23-36(44)21-20-33-35(49(45,46)30-14-8-3-9-15-30)24-37(36,27-12-6-2-7-13-27)43(33)25-26-10-4-1-5-11-26/h1-15,18-19,22-23,28,33,35,44H,16-17,20-21,24-25H2/b32-23-/t33?,35-,36-,37-/m1/s1. The molecular formula is C38H35F3INO5S. The molecule has 3 aliphatic rings. The van der Waals surface area contributed by atoms with E-state index in [1.165, 1.54) is 18.2 Å². The number of benzene rings is 4. The Balaban J connectivity index is 1.40. The molecule has 0 amide bonds. The van der Waals surface area contributed by atoms with Crippen LogP contribution >= 0.6 is 22.6 Å². The summed E-state index contributed by atoms with van der Waals surface area (Å²) in [5, 5.41) is 12.3. The summed E-state index contributed by atoms with van der Waals surface area (Å²) in [5.74, 6) is -0.0110. The van der Waals surface area contributed by atoms with E-state index in [0.29, 0.717) is 27.9 Å². The van der Waals surface area contributed by atoms with Gasteiger partial charge in [-0.1, -0.05) is 78.9 Å². The lowest BCUT2D eigenvalue weighted by molar-refractivity contribution is -0.274. The summed E-state index contributed by atoms with van der Waals surface area (Å²) in [6.45, 7) is 0.374. The lowest BCUT2D eigenvalue weighted by Crippen LogP contribution is -2.62. The summed E-state index contributed by atoms with van der Waals surface area (Å²) >= 11 is 2.04. The fourth-order valence-corrected chi connectivity index (χ4v) is 10.6. The molecule has 256 valence electrons. The van der Waals surface area contributed by atoms with Crippen molar-refractivity contribution >= 4 is 36.0 Å². The minimum Gasteiger partial charge on any atom is -0.490 e. The molecule has 1 aliphatic carbocycles. The van der Waals surface area contributed by atoms with Gasteiger partial charge in [0.15, 0.2) is 9.84 Å². The van der Waals surface area contributed by atoms with Gasteiger partial charge in [-0.25, -0.2) is 8.42 Å². The van der Waals surface area contributed by atoms with Crippen molar-refractivity contribution in [2.24, 2.45) is 0 Å². The molecule has 1 N–H and O–H groups in total. The number of alkyl halides is 3. The zero-order chi connectivity index (χ0) is 34.4. The maximum absolute atomic E-state index is 14.5.